The summed E-state index contributed by atoms with van der Waals surface area (Å²) in [5, 5.41) is 20.9. The fraction of sp³-hybridized carbons (Fsp3) is 0.667. The van der Waals surface area contributed by atoms with Crippen molar-refractivity contribution in [2.45, 2.75) is 76.9 Å². The molecule has 132 valence electrons. The molecular formula is C21H30O3. The Morgan fingerprint density at radius 2 is 2.00 bits per heavy atom. The van der Waals surface area contributed by atoms with Crippen LogP contribution in [-0.4, -0.2) is 27.7 Å². The van der Waals surface area contributed by atoms with Gasteiger partial charge < -0.3 is 10.2 Å². The molecular weight excluding hydrogens is 300 g/mol. The molecule has 0 aromatic heterocycles. The van der Waals surface area contributed by atoms with Gasteiger partial charge in [-0.25, -0.2) is 0 Å². The van der Waals surface area contributed by atoms with E-state index in [1.807, 2.05) is 0 Å². The molecule has 0 aromatic carbocycles. The SMILES string of the molecule is C=C1CCC(O)C/C1=C/C=C1\CCC[C@@]2(C)[C@H]1CC[C@@]2(O)C(C)=O. The van der Waals surface area contributed by atoms with Crippen molar-refractivity contribution in [1.82, 2.24) is 0 Å². The van der Waals surface area contributed by atoms with Gasteiger partial charge in [0.15, 0.2) is 5.78 Å². The first-order chi connectivity index (χ1) is 11.3. The number of hydrogen-bond acceptors (Lipinski definition) is 3. The quantitative estimate of drug-likeness (QED) is 0.808. The lowest BCUT2D eigenvalue weighted by Crippen LogP contribution is -2.51. The van der Waals surface area contributed by atoms with Gasteiger partial charge in [0, 0.05) is 5.41 Å². The molecule has 0 heterocycles. The molecule has 3 nitrogen and oxygen atoms in total. The van der Waals surface area contributed by atoms with Crippen molar-refractivity contribution in [3.8, 4) is 0 Å². The smallest absolute Gasteiger partial charge is 0.161 e. The highest BCUT2D eigenvalue weighted by atomic mass is 16.3. The van der Waals surface area contributed by atoms with Gasteiger partial charge in [-0.2, -0.15) is 0 Å². The predicted octanol–water partition coefficient (Wildman–Crippen LogP) is 3.86. The van der Waals surface area contributed by atoms with Crippen LogP contribution in [0.25, 0.3) is 0 Å². The molecule has 0 aromatic rings. The Labute approximate surface area is 145 Å². The zero-order chi connectivity index (χ0) is 17.5. The van der Waals surface area contributed by atoms with Crippen LogP contribution < -0.4 is 0 Å². The summed E-state index contributed by atoms with van der Waals surface area (Å²) in [5.74, 6) is 0.190. The van der Waals surface area contributed by atoms with Crippen LogP contribution in [0.15, 0.2) is 35.5 Å². The Morgan fingerprint density at radius 3 is 2.71 bits per heavy atom. The number of allylic oxidation sites excluding steroid dienone is 4. The zero-order valence-corrected chi connectivity index (χ0v) is 15.0. The molecule has 3 aliphatic carbocycles. The average Bonchev–Trinajstić information content (AvgIpc) is 2.82. The number of carbonyl (C=O) groups excluding carboxylic acids is 1. The maximum Gasteiger partial charge on any atom is 0.161 e. The van der Waals surface area contributed by atoms with Gasteiger partial charge in [-0.1, -0.05) is 36.8 Å². The molecule has 0 spiro atoms. The molecule has 0 radical (unpaired) electrons. The zero-order valence-electron chi connectivity index (χ0n) is 15.0. The normalized spacial score (nSPS) is 43.2. The van der Waals surface area contributed by atoms with Crippen molar-refractivity contribution in [2.24, 2.45) is 11.3 Å². The number of ketones is 1. The van der Waals surface area contributed by atoms with Crippen molar-refractivity contribution in [3.05, 3.63) is 35.5 Å². The van der Waals surface area contributed by atoms with Crippen LogP contribution in [0.4, 0.5) is 0 Å². The van der Waals surface area contributed by atoms with E-state index in [2.05, 4.69) is 25.7 Å². The first kappa shape index (κ1) is 17.6. The number of fused-ring (bicyclic) bond motifs is 1. The number of aliphatic hydroxyl groups excluding tert-OH is 1. The third-order valence-electron chi connectivity index (χ3n) is 6.89. The lowest BCUT2D eigenvalue weighted by atomic mass is 9.61. The van der Waals surface area contributed by atoms with Crippen LogP contribution in [0.3, 0.4) is 0 Å². The van der Waals surface area contributed by atoms with Gasteiger partial charge in [0.1, 0.15) is 5.60 Å². The van der Waals surface area contributed by atoms with E-state index in [-0.39, 0.29) is 23.2 Å². The van der Waals surface area contributed by atoms with Gasteiger partial charge in [-0.05, 0) is 69.8 Å². The summed E-state index contributed by atoms with van der Waals surface area (Å²) in [6.45, 7) is 7.75. The fourth-order valence-electron chi connectivity index (χ4n) is 5.23. The summed E-state index contributed by atoms with van der Waals surface area (Å²) in [5.41, 5.74) is 2.11. The lowest BCUT2D eigenvalue weighted by Gasteiger charge is -2.45. The summed E-state index contributed by atoms with van der Waals surface area (Å²) in [6, 6.07) is 0. The molecule has 24 heavy (non-hydrogen) atoms. The van der Waals surface area contributed by atoms with E-state index in [9.17, 15) is 15.0 Å². The van der Waals surface area contributed by atoms with Crippen LogP contribution in [0.2, 0.25) is 0 Å². The van der Waals surface area contributed by atoms with Gasteiger partial charge in [-0.3, -0.25) is 4.79 Å². The summed E-state index contributed by atoms with van der Waals surface area (Å²) in [7, 11) is 0. The average molecular weight is 330 g/mol. The van der Waals surface area contributed by atoms with E-state index in [4.69, 9.17) is 0 Å². The molecule has 3 fully saturated rings. The second-order valence-electron chi connectivity index (χ2n) is 8.21. The highest BCUT2D eigenvalue weighted by Crippen LogP contribution is 2.59. The maximum atomic E-state index is 12.1. The van der Waals surface area contributed by atoms with E-state index in [0.29, 0.717) is 12.8 Å². The number of rotatable bonds is 2. The summed E-state index contributed by atoms with van der Waals surface area (Å²) < 4.78 is 0. The summed E-state index contributed by atoms with van der Waals surface area (Å²) in [4.78, 5) is 12.1. The molecule has 4 atom stereocenters. The molecule has 3 saturated carbocycles. The minimum Gasteiger partial charge on any atom is -0.393 e. The largest absolute Gasteiger partial charge is 0.393 e. The van der Waals surface area contributed by atoms with E-state index in [1.165, 1.54) is 12.5 Å². The van der Waals surface area contributed by atoms with Crippen LogP contribution in [0, 0.1) is 11.3 Å². The van der Waals surface area contributed by atoms with Crippen LogP contribution >= 0.6 is 0 Å². The first-order valence-corrected chi connectivity index (χ1v) is 9.27. The first-order valence-electron chi connectivity index (χ1n) is 9.27. The molecule has 0 aliphatic heterocycles. The molecule has 2 N–H and O–H groups in total. The van der Waals surface area contributed by atoms with Crippen LogP contribution in [0.1, 0.15) is 65.2 Å². The van der Waals surface area contributed by atoms with Crippen molar-refractivity contribution in [1.29, 1.82) is 0 Å². The molecule has 0 saturated heterocycles. The summed E-state index contributed by atoms with van der Waals surface area (Å²) in [6.07, 6.45) is 10.8. The molecule has 3 heteroatoms. The number of aliphatic hydroxyl groups is 2. The maximum absolute atomic E-state index is 12.1. The number of carbonyl (C=O) groups is 1. The van der Waals surface area contributed by atoms with E-state index in [1.54, 1.807) is 0 Å². The second kappa shape index (κ2) is 6.27. The Hall–Kier alpha value is -1.19. The highest BCUT2D eigenvalue weighted by molar-refractivity contribution is 5.86. The molecule has 0 amide bonds. The van der Waals surface area contributed by atoms with Crippen LogP contribution in [-0.2, 0) is 4.79 Å². The van der Waals surface area contributed by atoms with Crippen molar-refractivity contribution < 1.29 is 15.0 Å². The lowest BCUT2D eigenvalue weighted by molar-refractivity contribution is -0.149. The minimum absolute atomic E-state index is 0.0871. The van der Waals surface area contributed by atoms with Crippen LogP contribution in [0.5, 0.6) is 0 Å². The third kappa shape index (κ3) is 2.72. The van der Waals surface area contributed by atoms with Gasteiger partial charge in [0.05, 0.1) is 6.10 Å². The number of hydrogen-bond donors (Lipinski definition) is 2. The Balaban J connectivity index is 1.87. The number of Topliss-reactive ketones (excluding diaryl/α,β-unsaturated/α-hetero) is 1. The summed E-state index contributed by atoms with van der Waals surface area (Å²) >= 11 is 0. The Bertz CT molecular complexity index is 615. The molecule has 0 bridgehead atoms. The van der Waals surface area contributed by atoms with E-state index in [0.717, 1.165) is 49.7 Å². The van der Waals surface area contributed by atoms with Gasteiger partial charge >= 0.3 is 0 Å². The van der Waals surface area contributed by atoms with Gasteiger partial charge in [0.2, 0.25) is 0 Å². The Kier molecular flexibility index (Phi) is 4.61. The van der Waals surface area contributed by atoms with Crippen molar-refractivity contribution in [3.63, 3.8) is 0 Å². The fourth-order valence-corrected chi connectivity index (χ4v) is 5.23. The van der Waals surface area contributed by atoms with Gasteiger partial charge in [0.25, 0.3) is 0 Å². The topological polar surface area (TPSA) is 57.5 Å². The third-order valence-corrected chi connectivity index (χ3v) is 6.89. The monoisotopic (exact) mass is 330 g/mol. The standard InChI is InChI=1S/C21H30O3/c1-14-6-9-18(23)13-17(14)8-7-16-5-4-11-20(3)19(16)10-12-21(20,24)15(2)22/h7-8,18-19,23-24H,1,4-6,9-13H2,2-3H3/b16-7+,17-8-/t18?,19-,20-,21+/m0/s1. The highest BCUT2D eigenvalue weighted by Gasteiger charge is 2.60. The Morgan fingerprint density at radius 1 is 1.25 bits per heavy atom. The minimum atomic E-state index is -1.17. The second-order valence-corrected chi connectivity index (χ2v) is 8.21. The van der Waals surface area contributed by atoms with Crippen molar-refractivity contribution >= 4 is 5.78 Å². The van der Waals surface area contributed by atoms with Crippen molar-refractivity contribution in [2.75, 3.05) is 0 Å². The van der Waals surface area contributed by atoms with Gasteiger partial charge in [-0.15, -0.1) is 0 Å². The predicted molar refractivity (Wildman–Crippen MR) is 95.5 cm³/mol. The van der Waals surface area contributed by atoms with E-state index >= 15 is 0 Å². The molecule has 1 unspecified atom stereocenters. The molecule has 3 aliphatic rings. The molecule has 3 rings (SSSR count). The van der Waals surface area contributed by atoms with E-state index < -0.39 is 5.60 Å².